The van der Waals surface area contributed by atoms with Crippen molar-refractivity contribution in [3.63, 3.8) is 0 Å². The number of benzene rings is 3. The lowest BCUT2D eigenvalue weighted by molar-refractivity contribution is -0.134. The molecule has 1 unspecified atom stereocenters. The topological polar surface area (TPSA) is 173 Å². The summed E-state index contributed by atoms with van der Waals surface area (Å²) in [5.41, 5.74) is 6.04. The first-order valence-corrected chi connectivity index (χ1v) is 20.1. The van der Waals surface area contributed by atoms with Crippen molar-refractivity contribution in [2.24, 2.45) is 0 Å². The van der Waals surface area contributed by atoms with Crippen LogP contribution in [0.4, 0.5) is 34.5 Å². The maximum atomic E-state index is 13.4. The van der Waals surface area contributed by atoms with Gasteiger partial charge in [0.15, 0.2) is 0 Å². The van der Waals surface area contributed by atoms with E-state index in [0.717, 1.165) is 42.9 Å². The summed E-state index contributed by atoms with van der Waals surface area (Å²) >= 11 is 3.53. The zero-order chi connectivity index (χ0) is 39.5. The number of carbonyl (C=O) groups excluding carboxylic acids is 4. The van der Waals surface area contributed by atoms with Crippen LogP contribution in [-0.4, -0.2) is 102 Å². The molecule has 16 heteroatoms. The molecule has 0 bridgehead atoms. The van der Waals surface area contributed by atoms with Crippen LogP contribution in [-0.2, 0) is 20.9 Å². The molecule has 3 fully saturated rings. The van der Waals surface area contributed by atoms with E-state index in [1.807, 2.05) is 53.4 Å². The molecule has 5 N–H and O–H groups in total. The largest absolute Gasteiger partial charge is 0.494 e. The molecule has 5 heterocycles. The van der Waals surface area contributed by atoms with Crippen LogP contribution in [0, 0.1) is 0 Å². The third kappa shape index (κ3) is 8.66. The standard InChI is InChI=1S/C41H45BrN10O5/c1-57-34-21-29(9-10-31(34)47-41-44-23-30(42)38(49-41)46-32-4-2-3-27-22-43-40(56)37(27)32)51-17-19-52(20-18-51)36(54)24-50-15-13-26(14-16-50)25-5-7-28(8-6-25)45-33-11-12-35(53)48-39(33)55/h2-10,21,23,26,33,45H,11-20,22,24H2,1H3,(H,43,56)(H,48,53,55)(H2,44,46,47,49). The van der Waals surface area contributed by atoms with Crippen LogP contribution >= 0.6 is 15.9 Å². The highest BCUT2D eigenvalue weighted by Gasteiger charge is 2.29. The average Bonchev–Trinajstić information content (AvgIpc) is 3.62. The SMILES string of the molecule is COc1cc(N2CCN(C(=O)CN3CCC(c4ccc(NC5CCC(=O)NC5=O)cc4)CC3)CC2)ccc1Nc1ncc(Br)c(Nc2cccc3c2C(=O)NC3)n1. The predicted octanol–water partition coefficient (Wildman–Crippen LogP) is 4.72. The van der Waals surface area contributed by atoms with Gasteiger partial charge in [-0.15, -0.1) is 0 Å². The first kappa shape index (κ1) is 38.1. The van der Waals surface area contributed by atoms with Crippen molar-refractivity contribution < 1.29 is 23.9 Å². The van der Waals surface area contributed by atoms with Gasteiger partial charge >= 0.3 is 0 Å². The molecule has 8 rings (SSSR count). The van der Waals surface area contributed by atoms with Gasteiger partial charge in [-0.2, -0.15) is 4.98 Å². The van der Waals surface area contributed by atoms with E-state index in [4.69, 9.17) is 4.74 Å². The lowest BCUT2D eigenvalue weighted by atomic mass is 9.89. The zero-order valence-corrected chi connectivity index (χ0v) is 33.2. The number of aromatic nitrogens is 2. The number of piperidine rings is 2. The second-order valence-electron chi connectivity index (χ2n) is 14.7. The summed E-state index contributed by atoms with van der Waals surface area (Å²) < 4.78 is 6.42. The number of ether oxygens (including phenoxy) is 1. The van der Waals surface area contributed by atoms with Crippen LogP contribution in [0.25, 0.3) is 0 Å². The molecule has 0 aliphatic carbocycles. The fraction of sp³-hybridized carbons (Fsp3) is 0.366. The van der Waals surface area contributed by atoms with E-state index in [9.17, 15) is 19.2 Å². The Morgan fingerprint density at radius 3 is 2.47 bits per heavy atom. The Labute approximate surface area is 339 Å². The Morgan fingerprint density at radius 1 is 0.930 bits per heavy atom. The molecule has 1 aromatic heterocycles. The lowest BCUT2D eigenvalue weighted by Crippen LogP contribution is -2.51. The minimum atomic E-state index is -0.399. The molecule has 4 aliphatic heterocycles. The number of nitrogens with zero attached hydrogens (tertiary/aromatic N) is 5. The molecule has 0 radical (unpaired) electrons. The van der Waals surface area contributed by atoms with E-state index in [1.165, 1.54) is 5.56 Å². The summed E-state index contributed by atoms with van der Waals surface area (Å²) in [6.45, 7) is 5.37. The van der Waals surface area contributed by atoms with Crippen molar-refractivity contribution >= 4 is 74.1 Å². The Bertz CT molecular complexity index is 2170. The number of carbonyl (C=O) groups is 4. The molecule has 57 heavy (non-hydrogen) atoms. The van der Waals surface area contributed by atoms with E-state index >= 15 is 0 Å². The van der Waals surface area contributed by atoms with E-state index in [0.29, 0.717) is 97.0 Å². The normalized spacial score (nSPS) is 18.8. The Kier molecular flexibility index (Phi) is 11.2. The Morgan fingerprint density at radius 2 is 1.72 bits per heavy atom. The van der Waals surface area contributed by atoms with Gasteiger partial charge in [0, 0.05) is 62.8 Å². The van der Waals surface area contributed by atoms with Crippen LogP contribution < -0.4 is 36.2 Å². The molecule has 1 atom stereocenters. The monoisotopic (exact) mass is 836 g/mol. The summed E-state index contributed by atoms with van der Waals surface area (Å²) in [6, 6.07) is 19.5. The summed E-state index contributed by atoms with van der Waals surface area (Å²) in [6.07, 6.45) is 4.45. The van der Waals surface area contributed by atoms with E-state index in [1.54, 1.807) is 13.3 Å². The van der Waals surface area contributed by atoms with Gasteiger partial charge in [-0.3, -0.25) is 29.4 Å². The Hall–Kier alpha value is -5.74. The van der Waals surface area contributed by atoms with Gasteiger partial charge in [0.25, 0.3) is 5.91 Å². The van der Waals surface area contributed by atoms with Gasteiger partial charge in [0.2, 0.25) is 23.7 Å². The number of likely N-dealkylation sites (tertiary alicyclic amines) is 1. The van der Waals surface area contributed by atoms with E-state index in [-0.39, 0.29) is 23.6 Å². The average molecular weight is 838 g/mol. The maximum absolute atomic E-state index is 13.4. The number of rotatable bonds is 11. The molecule has 296 valence electrons. The molecule has 3 aromatic carbocycles. The zero-order valence-electron chi connectivity index (χ0n) is 31.6. The number of piperazine rings is 1. The highest BCUT2D eigenvalue weighted by molar-refractivity contribution is 9.10. The maximum Gasteiger partial charge on any atom is 0.254 e. The molecule has 4 aliphatic rings. The van der Waals surface area contributed by atoms with Crippen LogP contribution in [0.5, 0.6) is 5.75 Å². The summed E-state index contributed by atoms with van der Waals surface area (Å²) in [5, 5.41) is 15.0. The molecule has 0 spiro atoms. The van der Waals surface area contributed by atoms with Gasteiger partial charge in [0.05, 0.1) is 35.1 Å². The predicted molar refractivity (Wildman–Crippen MR) is 220 cm³/mol. The third-order valence-electron chi connectivity index (χ3n) is 11.2. The van der Waals surface area contributed by atoms with Gasteiger partial charge < -0.3 is 35.8 Å². The molecular weight excluding hydrogens is 792 g/mol. The van der Waals surface area contributed by atoms with Crippen molar-refractivity contribution in [3.8, 4) is 5.75 Å². The van der Waals surface area contributed by atoms with Crippen molar-refractivity contribution in [2.45, 2.75) is 44.2 Å². The number of amides is 4. The molecule has 4 aromatic rings. The minimum Gasteiger partial charge on any atom is -0.494 e. The molecule has 0 saturated carbocycles. The molecule has 4 amide bonds. The van der Waals surface area contributed by atoms with Crippen LogP contribution in [0.15, 0.2) is 71.3 Å². The van der Waals surface area contributed by atoms with Crippen molar-refractivity contribution in [3.05, 3.63) is 88.0 Å². The fourth-order valence-corrected chi connectivity index (χ4v) is 8.23. The Balaban J connectivity index is 0.805. The lowest BCUT2D eigenvalue weighted by Gasteiger charge is -2.38. The van der Waals surface area contributed by atoms with Crippen LogP contribution in [0.2, 0.25) is 0 Å². The number of anilines is 6. The van der Waals surface area contributed by atoms with Crippen molar-refractivity contribution in [1.82, 2.24) is 30.4 Å². The van der Waals surface area contributed by atoms with Crippen molar-refractivity contribution in [2.75, 3.05) is 73.8 Å². The van der Waals surface area contributed by atoms with Crippen molar-refractivity contribution in [1.29, 1.82) is 0 Å². The van der Waals surface area contributed by atoms with Gasteiger partial charge in [-0.25, -0.2) is 4.98 Å². The number of methoxy groups -OCH3 is 1. The first-order valence-electron chi connectivity index (χ1n) is 19.3. The van der Waals surface area contributed by atoms with Crippen LogP contribution in [0.1, 0.15) is 53.1 Å². The highest BCUT2D eigenvalue weighted by Crippen LogP contribution is 2.35. The molecule has 3 saturated heterocycles. The first-order chi connectivity index (χ1) is 27.7. The van der Waals surface area contributed by atoms with E-state index < -0.39 is 6.04 Å². The van der Waals surface area contributed by atoms with Gasteiger partial charge in [-0.05, 0) is 95.7 Å². The summed E-state index contributed by atoms with van der Waals surface area (Å²) in [5.74, 6) is 1.47. The third-order valence-corrected chi connectivity index (χ3v) is 11.7. The quantitative estimate of drug-likeness (QED) is 0.132. The van der Waals surface area contributed by atoms with Gasteiger partial charge in [0.1, 0.15) is 17.6 Å². The summed E-state index contributed by atoms with van der Waals surface area (Å²) in [4.78, 5) is 65.0. The molecule has 15 nitrogen and oxygen atoms in total. The fourth-order valence-electron chi connectivity index (χ4n) is 7.94. The number of halogens is 1. The second kappa shape index (κ2) is 16.8. The number of hydrogen-bond donors (Lipinski definition) is 5. The molecular formula is C41H45BrN10O5. The number of fused-ring (bicyclic) bond motifs is 1. The number of nitrogens with one attached hydrogen (secondary N) is 5. The summed E-state index contributed by atoms with van der Waals surface area (Å²) in [7, 11) is 1.62. The second-order valence-corrected chi connectivity index (χ2v) is 15.6. The van der Waals surface area contributed by atoms with E-state index in [2.05, 4.69) is 74.4 Å². The highest BCUT2D eigenvalue weighted by atomic mass is 79.9. The van der Waals surface area contributed by atoms with Crippen LogP contribution in [0.3, 0.4) is 0 Å². The smallest absolute Gasteiger partial charge is 0.254 e. The van der Waals surface area contributed by atoms with Gasteiger partial charge in [-0.1, -0.05) is 24.3 Å². The minimum absolute atomic E-state index is 0.119. The number of hydrogen-bond acceptors (Lipinski definition) is 12. The number of imide groups is 1.